The maximum absolute atomic E-state index is 14.0. The molecule has 0 heterocycles. The Bertz CT molecular complexity index is 633. The monoisotopic (exact) mass is 288 g/mol. The first kappa shape index (κ1) is 15.5. The van der Waals surface area contributed by atoms with E-state index in [1.807, 2.05) is 25.1 Å². The Balaban J connectivity index is 2.24. The van der Waals surface area contributed by atoms with Crippen LogP contribution in [0.1, 0.15) is 49.5 Å². The fourth-order valence-corrected chi connectivity index (χ4v) is 2.35. The van der Waals surface area contributed by atoms with Gasteiger partial charge in [0.25, 0.3) is 0 Å². The number of halogens is 1. The SMILES string of the molecule is Cc1cc(Oc2ccc(C(C)O)cc2F)ccc1C(C)C. The average Bonchev–Trinajstić information content (AvgIpc) is 2.40. The molecule has 1 atom stereocenters. The van der Waals surface area contributed by atoms with E-state index in [1.165, 1.54) is 11.6 Å². The number of aliphatic hydroxyl groups is 1. The first-order valence-electron chi connectivity index (χ1n) is 7.14. The molecule has 0 radical (unpaired) electrons. The topological polar surface area (TPSA) is 29.5 Å². The molecule has 0 saturated carbocycles. The molecule has 1 unspecified atom stereocenters. The van der Waals surface area contributed by atoms with Crippen molar-refractivity contribution in [3.05, 3.63) is 58.9 Å². The third kappa shape index (κ3) is 3.61. The van der Waals surface area contributed by atoms with Crippen LogP contribution in [0.25, 0.3) is 0 Å². The minimum absolute atomic E-state index is 0.163. The fourth-order valence-electron chi connectivity index (χ4n) is 2.35. The second kappa shape index (κ2) is 6.27. The Kier molecular flexibility index (Phi) is 4.63. The van der Waals surface area contributed by atoms with Crippen LogP contribution in [0.3, 0.4) is 0 Å². The van der Waals surface area contributed by atoms with Crippen molar-refractivity contribution < 1.29 is 14.2 Å². The van der Waals surface area contributed by atoms with Gasteiger partial charge in [-0.1, -0.05) is 26.0 Å². The van der Waals surface area contributed by atoms with Crippen LogP contribution in [-0.4, -0.2) is 5.11 Å². The van der Waals surface area contributed by atoms with Crippen LogP contribution < -0.4 is 4.74 Å². The molecule has 21 heavy (non-hydrogen) atoms. The van der Waals surface area contributed by atoms with Crippen LogP contribution in [0.4, 0.5) is 4.39 Å². The normalized spacial score (nSPS) is 12.5. The molecule has 1 N–H and O–H groups in total. The Labute approximate surface area is 125 Å². The summed E-state index contributed by atoms with van der Waals surface area (Å²) in [7, 11) is 0. The van der Waals surface area contributed by atoms with Crippen molar-refractivity contribution in [1.82, 2.24) is 0 Å². The number of rotatable bonds is 4. The molecule has 0 spiro atoms. The summed E-state index contributed by atoms with van der Waals surface area (Å²) in [5.41, 5.74) is 2.92. The molecule has 0 fully saturated rings. The van der Waals surface area contributed by atoms with Gasteiger partial charge in [-0.25, -0.2) is 4.39 Å². The Morgan fingerprint density at radius 3 is 2.29 bits per heavy atom. The zero-order chi connectivity index (χ0) is 15.6. The van der Waals surface area contributed by atoms with E-state index in [1.54, 1.807) is 19.1 Å². The van der Waals surface area contributed by atoms with Gasteiger partial charge in [0.15, 0.2) is 11.6 Å². The molecule has 3 heteroatoms. The third-order valence-electron chi connectivity index (χ3n) is 3.53. The van der Waals surface area contributed by atoms with Crippen molar-refractivity contribution in [2.45, 2.75) is 39.7 Å². The zero-order valence-electron chi connectivity index (χ0n) is 12.9. The van der Waals surface area contributed by atoms with E-state index >= 15 is 0 Å². The van der Waals surface area contributed by atoms with Gasteiger partial charge in [-0.3, -0.25) is 0 Å². The number of aryl methyl sites for hydroxylation is 1. The molecule has 2 aromatic carbocycles. The van der Waals surface area contributed by atoms with Crippen LogP contribution >= 0.6 is 0 Å². The second-order valence-electron chi connectivity index (χ2n) is 5.64. The lowest BCUT2D eigenvalue weighted by Crippen LogP contribution is -1.96. The highest BCUT2D eigenvalue weighted by molar-refractivity contribution is 5.40. The first-order chi connectivity index (χ1) is 9.88. The maximum Gasteiger partial charge on any atom is 0.166 e. The van der Waals surface area contributed by atoms with Crippen LogP contribution in [0.2, 0.25) is 0 Å². The van der Waals surface area contributed by atoms with Gasteiger partial charge in [-0.2, -0.15) is 0 Å². The summed E-state index contributed by atoms with van der Waals surface area (Å²) in [6.07, 6.45) is -0.693. The van der Waals surface area contributed by atoms with Gasteiger partial charge in [-0.15, -0.1) is 0 Å². The van der Waals surface area contributed by atoms with Gasteiger partial charge in [0, 0.05) is 0 Å². The Morgan fingerprint density at radius 2 is 1.76 bits per heavy atom. The minimum atomic E-state index is -0.693. The van der Waals surface area contributed by atoms with E-state index in [0.717, 1.165) is 5.56 Å². The van der Waals surface area contributed by atoms with Crippen LogP contribution in [0.15, 0.2) is 36.4 Å². The molecular weight excluding hydrogens is 267 g/mol. The minimum Gasteiger partial charge on any atom is -0.454 e. The highest BCUT2D eigenvalue weighted by atomic mass is 19.1. The highest BCUT2D eigenvalue weighted by Gasteiger charge is 2.10. The van der Waals surface area contributed by atoms with E-state index < -0.39 is 11.9 Å². The fraction of sp³-hybridized carbons (Fsp3) is 0.333. The first-order valence-corrected chi connectivity index (χ1v) is 7.14. The molecule has 0 aliphatic heterocycles. The molecule has 112 valence electrons. The second-order valence-corrected chi connectivity index (χ2v) is 5.64. The van der Waals surface area contributed by atoms with Gasteiger partial charge in [0.1, 0.15) is 5.75 Å². The molecule has 0 aromatic heterocycles. The van der Waals surface area contributed by atoms with Crippen molar-refractivity contribution in [2.24, 2.45) is 0 Å². The predicted octanol–water partition coefficient (Wildman–Crippen LogP) is 5.10. The third-order valence-corrected chi connectivity index (χ3v) is 3.53. The average molecular weight is 288 g/mol. The quantitative estimate of drug-likeness (QED) is 0.847. The van der Waals surface area contributed by atoms with E-state index in [0.29, 0.717) is 17.2 Å². The van der Waals surface area contributed by atoms with E-state index in [2.05, 4.69) is 13.8 Å². The zero-order valence-corrected chi connectivity index (χ0v) is 12.9. The van der Waals surface area contributed by atoms with Crippen LogP contribution in [0.5, 0.6) is 11.5 Å². The molecule has 0 amide bonds. The summed E-state index contributed by atoms with van der Waals surface area (Å²) in [5.74, 6) is 0.747. The molecule has 0 saturated heterocycles. The standard InChI is InChI=1S/C18H21FO2/c1-11(2)16-7-6-15(9-12(16)3)21-18-8-5-14(13(4)20)10-17(18)19/h5-11,13,20H,1-4H3. The van der Waals surface area contributed by atoms with E-state index in [9.17, 15) is 9.50 Å². The van der Waals surface area contributed by atoms with Gasteiger partial charge in [-0.05, 0) is 60.7 Å². The summed E-state index contributed by atoms with van der Waals surface area (Å²) in [4.78, 5) is 0. The molecule has 2 nitrogen and oxygen atoms in total. The summed E-state index contributed by atoms with van der Waals surface area (Å²) in [6, 6.07) is 10.3. The summed E-state index contributed by atoms with van der Waals surface area (Å²) in [5, 5.41) is 9.44. The summed E-state index contributed by atoms with van der Waals surface area (Å²) in [6.45, 7) is 7.90. The van der Waals surface area contributed by atoms with Crippen LogP contribution in [-0.2, 0) is 0 Å². The molecule has 0 bridgehead atoms. The van der Waals surface area contributed by atoms with E-state index in [-0.39, 0.29) is 5.75 Å². The van der Waals surface area contributed by atoms with Gasteiger partial charge < -0.3 is 9.84 Å². The number of hydrogen-bond donors (Lipinski definition) is 1. The van der Waals surface area contributed by atoms with Gasteiger partial charge in [0.05, 0.1) is 6.10 Å². The summed E-state index contributed by atoms with van der Waals surface area (Å²) < 4.78 is 19.6. The Hall–Kier alpha value is -1.87. The summed E-state index contributed by atoms with van der Waals surface area (Å²) >= 11 is 0. The van der Waals surface area contributed by atoms with Gasteiger partial charge >= 0.3 is 0 Å². The lowest BCUT2D eigenvalue weighted by Gasteiger charge is -2.13. The molecule has 0 aliphatic carbocycles. The van der Waals surface area contributed by atoms with E-state index in [4.69, 9.17) is 4.74 Å². The predicted molar refractivity (Wildman–Crippen MR) is 82.4 cm³/mol. The molecule has 2 rings (SSSR count). The van der Waals surface area contributed by atoms with Crippen molar-refractivity contribution >= 4 is 0 Å². The van der Waals surface area contributed by atoms with Gasteiger partial charge in [0.2, 0.25) is 0 Å². The lowest BCUT2D eigenvalue weighted by molar-refractivity contribution is 0.198. The Morgan fingerprint density at radius 1 is 1.05 bits per heavy atom. The number of hydrogen-bond acceptors (Lipinski definition) is 2. The van der Waals surface area contributed by atoms with Crippen LogP contribution in [0, 0.1) is 12.7 Å². The molecular formula is C18H21FO2. The maximum atomic E-state index is 14.0. The largest absolute Gasteiger partial charge is 0.454 e. The highest BCUT2D eigenvalue weighted by Crippen LogP contribution is 2.29. The molecule has 2 aromatic rings. The van der Waals surface area contributed by atoms with Crippen molar-refractivity contribution in [2.75, 3.05) is 0 Å². The lowest BCUT2D eigenvalue weighted by atomic mass is 9.98. The number of aliphatic hydroxyl groups excluding tert-OH is 1. The van der Waals surface area contributed by atoms with Crippen molar-refractivity contribution in [1.29, 1.82) is 0 Å². The number of ether oxygens (including phenoxy) is 1. The smallest absolute Gasteiger partial charge is 0.166 e. The van der Waals surface area contributed by atoms with Crippen molar-refractivity contribution in [3.63, 3.8) is 0 Å². The number of benzene rings is 2. The van der Waals surface area contributed by atoms with Crippen molar-refractivity contribution in [3.8, 4) is 11.5 Å². The molecule has 0 aliphatic rings.